The molecule has 44 heavy (non-hydrogen) atoms. The van der Waals surface area contributed by atoms with Crippen LogP contribution < -0.4 is 9.64 Å². The summed E-state index contributed by atoms with van der Waals surface area (Å²) < 4.78 is 16.9. The van der Waals surface area contributed by atoms with Gasteiger partial charge in [0.25, 0.3) is 23.3 Å². The Morgan fingerprint density at radius 2 is 1.89 bits per heavy atom. The molecule has 3 aliphatic heterocycles. The molecule has 2 atom stereocenters. The standard InChI is InChI=1S/C32H48N4O8/c1-22(2)36(25-9-8-14-34(21-25)31(40)41)28(37)24-10-11-27-26(19-24)35(15-6-7-16-42-5)30(39)32(3,44-27)29(38)33(4)20-23-12-17-43-18-13-23/h10-11,19,22-23,25H,6-9,12-18,20-21H2,1-5H3,(H,40,41)/t25-,32?/m1/s1. The number of methoxy groups -OCH3 is 1. The van der Waals surface area contributed by atoms with Crippen LogP contribution in [0.2, 0.25) is 0 Å². The topological polar surface area (TPSA) is 129 Å². The van der Waals surface area contributed by atoms with Crippen LogP contribution in [0.15, 0.2) is 18.2 Å². The lowest BCUT2D eigenvalue weighted by Gasteiger charge is -2.42. The number of hydrogen-bond acceptors (Lipinski definition) is 7. The fourth-order valence-corrected chi connectivity index (χ4v) is 6.54. The van der Waals surface area contributed by atoms with Crippen LogP contribution in [-0.2, 0) is 19.1 Å². The van der Waals surface area contributed by atoms with Gasteiger partial charge in [-0.2, -0.15) is 0 Å². The number of rotatable bonds is 11. The first-order chi connectivity index (χ1) is 21.0. The quantitative estimate of drug-likeness (QED) is 0.296. The van der Waals surface area contributed by atoms with Gasteiger partial charge >= 0.3 is 6.09 Å². The maximum Gasteiger partial charge on any atom is 0.407 e. The van der Waals surface area contributed by atoms with Crippen molar-refractivity contribution < 1.29 is 38.5 Å². The largest absolute Gasteiger partial charge is 0.465 e. The molecule has 4 amide bonds. The molecule has 1 unspecified atom stereocenters. The van der Waals surface area contributed by atoms with Gasteiger partial charge in [-0.1, -0.05) is 0 Å². The van der Waals surface area contributed by atoms with Gasteiger partial charge in [-0.15, -0.1) is 0 Å². The summed E-state index contributed by atoms with van der Waals surface area (Å²) in [5.74, 6) is -0.475. The fourth-order valence-electron chi connectivity index (χ4n) is 6.54. The zero-order chi connectivity index (χ0) is 32.0. The molecule has 0 spiro atoms. The molecular weight excluding hydrogens is 568 g/mol. The number of carboxylic acid groups (broad SMARTS) is 1. The number of piperidine rings is 1. The predicted octanol–water partition coefficient (Wildman–Crippen LogP) is 3.48. The molecule has 3 aliphatic rings. The highest BCUT2D eigenvalue weighted by Gasteiger charge is 2.52. The van der Waals surface area contributed by atoms with Crippen molar-refractivity contribution in [3.63, 3.8) is 0 Å². The summed E-state index contributed by atoms with van der Waals surface area (Å²) in [6.45, 7) is 8.75. The second-order valence-electron chi connectivity index (χ2n) is 12.5. The summed E-state index contributed by atoms with van der Waals surface area (Å²) in [7, 11) is 3.33. The van der Waals surface area contributed by atoms with Gasteiger partial charge in [-0.05, 0) is 83.4 Å². The van der Waals surface area contributed by atoms with E-state index in [2.05, 4.69) is 0 Å². The Kier molecular flexibility index (Phi) is 11.1. The van der Waals surface area contributed by atoms with Crippen molar-refractivity contribution in [3.8, 4) is 5.75 Å². The first-order valence-electron chi connectivity index (χ1n) is 15.8. The summed E-state index contributed by atoms with van der Waals surface area (Å²) >= 11 is 0. The molecule has 12 nitrogen and oxygen atoms in total. The summed E-state index contributed by atoms with van der Waals surface area (Å²) in [4.78, 5) is 59.8. The van der Waals surface area contributed by atoms with E-state index in [0.717, 1.165) is 12.8 Å². The van der Waals surface area contributed by atoms with Crippen LogP contribution in [0.5, 0.6) is 5.75 Å². The van der Waals surface area contributed by atoms with E-state index >= 15 is 0 Å². The molecule has 2 fully saturated rings. The predicted molar refractivity (Wildman–Crippen MR) is 164 cm³/mol. The van der Waals surface area contributed by atoms with Crippen LogP contribution in [0.25, 0.3) is 0 Å². The number of carbonyl (C=O) groups is 4. The van der Waals surface area contributed by atoms with Crippen LogP contribution in [0.4, 0.5) is 10.5 Å². The number of nitrogens with zero attached hydrogens (tertiary/aromatic N) is 4. The molecule has 1 aromatic rings. The van der Waals surface area contributed by atoms with Crippen molar-refractivity contribution in [2.75, 3.05) is 65.1 Å². The van der Waals surface area contributed by atoms with E-state index in [4.69, 9.17) is 14.2 Å². The Morgan fingerprint density at radius 1 is 1.16 bits per heavy atom. The molecule has 0 aliphatic carbocycles. The second-order valence-corrected chi connectivity index (χ2v) is 12.5. The van der Waals surface area contributed by atoms with Gasteiger partial charge in [0.1, 0.15) is 5.75 Å². The van der Waals surface area contributed by atoms with Crippen molar-refractivity contribution in [2.24, 2.45) is 5.92 Å². The molecule has 0 aromatic heterocycles. The highest BCUT2D eigenvalue weighted by atomic mass is 16.5. The van der Waals surface area contributed by atoms with Crippen LogP contribution in [-0.4, -0.2) is 121 Å². The van der Waals surface area contributed by atoms with E-state index in [1.54, 1.807) is 47.1 Å². The van der Waals surface area contributed by atoms with Gasteiger partial charge in [0.2, 0.25) is 0 Å². The number of ether oxygens (including phenoxy) is 3. The highest BCUT2D eigenvalue weighted by Crippen LogP contribution is 2.40. The van der Waals surface area contributed by atoms with E-state index in [-0.39, 0.29) is 24.5 Å². The Labute approximate surface area is 260 Å². The number of likely N-dealkylation sites (tertiary alicyclic amines) is 1. The van der Waals surface area contributed by atoms with E-state index in [0.29, 0.717) is 88.1 Å². The fraction of sp³-hybridized carbons (Fsp3) is 0.688. The monoisotopic (exact) mass is 616 g/mol. The van der Waals surface area contributed by atoms with Crippen molar-refractivity contribution in [1.29, 1.82) is 0 Å². The van der Waals surface area contributed by atoms with Crippen LogP contribution in [0.3, 0.4) is 0 Å². The number of amides is 4. The zero-order valence-corrected chi connectivity index (χ0v) is 26.8. The molecule has 3 heterocycles. The molecule has 2 saturated heterocycles. The molecular formula is C32H48N4O8. The smallest absolute Gasteiger partial charge is 0.407 e. The Morgan fingerprint density at radius 3 is 2.55 bits per heavy atom. The number of unbranched alkanes of at least 4 members (excludes halogenated alkanes) is 1. The number of likely N-dealkylation sites (N-methyl/N-ethyl adjacent to an activating group) is 1. The number of fused-ring (bicyclic) bond motifs is 1. The van der Waals surface area contributed by atoms with Crippen LogP contribution >= 0.6 is 0 Å². The zero-order valence-electron chi connectivity index (χ0n) is 26.8. The summed E-state index contributed by atoms with van der Waals surface area (Å²) in [5, 5.41) is 9.55. The second kappa shape index (κ2) is 14.6. The average molecular weight is 617 g/mol. The number of hydrogen-bond donors (Lipinski definition) is 1. The van der Waals surface area contributed by atoms with Gasteiger partial charge < -0.3 is 38.9 Å². The molecule has 1 N–H and O–H groups in total. The van der Waals surface area contributed by atoms with Crippen LogP contribution in [0, 0.1) is 5.92 Å². The van der Waals surface area contributed by atoms with Crippen molar-refractivity contribution >= 4 is 29.5 Å². The van der Waals surface area contributed by atoms with Gasteiger partial charge in [-0.3, -0.25) is 14.4 Å². The Hall–Kier alpha value is -3.38. The van der Waals surface area contributed by atoms with E-state index in [9.17, 15) is 24.3 Å². The summed E-state index contributed by atoms with van der Waals surface area (Å²) in [5.41, 5.74) is -0.948. The lowest BCUT2D eigenvalue weighted by atomic mass is 9.95. The molecule has 1 aromatic carbocycles. The van der Waals surface area contributed by atoms with Gasteiger partial charge in [-0.25, -0.2) is 4.79 Å². The van der Waals surface area contributed by atoms with Gasteiger partial charge in [0.05, 0.1) is 11.7 Å². The minimum Gasteiger partial charge on any atom is -0.465 e. The summed E-state index contributed by atoms with van der Waals surface area (Å²) in [6, 6.07) is 4.54. The summed E-state index contributed by atoms with van der Waals surface area (Å²) in [6.07, 6.45) is 3.44. The SMILES string of the molecule is COCCCCN1C(=O)C(C)(C(=O)N(C)CC2CCOCC2)Oc2ccc(C(=O)N(C(C)C)[C@@H]3CCCN(C(=O)O)C3)cc21. The molecule has 0 bridgehead atoms. The first kappa shape index (κ1) is 33.5. The Balaban J connectivity index is 1.62. The number of carbonyl (C=O) groups excluding carboxylic acids is 3. The van der Waals surface area contributed by atoms with E-state index in [1.165, 1.54) is 11.8 Å². The molecule has 4 rings (SSSR count). The lowest BCUT2D eigenvalue weighted by molar-refractivity contribution is -0.155. The Bertz CT molecular complexity index is 1200. The maximum atomic E-state index is 14.1. The van der Waals surface area contributed by atoms with E-state index < -0.39 is 23.5 Å². The normalized spacial score (nSPS) is 22.4. The van der Waals surface area contributed by atoms with Crippen LogP contribution in [0.1, 0.15) is 69.7 Å². The third kappa shape index (κ3) is 7.28. The van der Waals surface area contributed by atoms with Gasteiger partial charge in [0, 0.05) is 71.8 Å². The maximum absolute atomic E-state index is 14.1. The van der Waals surface area contributed by atoms with Crippen molar-refractivity contribution in [2.45, 2.75) is 77.0 Å². The minimum absolute atomic E-state index is 0.174. The molecule has 12 heteroatoms. The third-order valence-corrected chi connectivity index (χ3v) is 8.92. The first-order valence-corrected chi connectivity index (χ1v) is 15.8. The number of anilines is 1. The third-order valence-electron chi connectivity index (χ3n) is 8.92. The minimum atomic E-state index is -1.76. The number of benzene rings is 1. The molecule has 244 valence electrons. The van der Waals surface area contributed by atoms with E-state index in [1.807, 2.05) is 13.8 Å². The van der Waals surface area contributed by atoms with Crippen molar-refractivity contribution in [1.82, 2.24) is 14.7 Å². The average Bonchev–Trinajstić information content (AvgIpc) is 3.00. The molecule has 0 radical (unpaired) electrons. The highest BCUT2D eigenvalue weighted by molar-refractivity contribution is 6.16. The van der Waals surface area contributed by atoms with Crippen molar-refractivity contribution in [3.05, 3.63) is 23.8 Å². The van der Waals surface area contributed by atoms with Gasteiger partial charge in [0.15, 0.2) is 0 Å². The molecule has 0 saturated carbocycles. The lowest BCUT2D eigenvalue weighted by Crippen LogP contribution is -2.63.